The molecule has 0 unspecified atom stereocenters. The maximum absolute atomic E-state index is 12.9. The molecule has 1 aliphatic heterocycles. The monoisotopic (exact) mass is 427 g/mol. The molecule has 1 aliphatic rings. The fourth-order valence-electron chi connectivity index (χ4n) is 3.54. The van der Waals surface area contributed by atoms with Gasteiger partial charge in [-0.15, -0.1) is 0 Å². The lowest BCUT2D eigenvalue weighted by Crippen LogP contribution is -2.32. The predicted molar refractivity (Wildman–Crippen MR) is 113 cm³/mol. The number of likely N-dealkylation sites (tertiary alicyclic amines) is 1. The standard InChI is InChI=1S/C23H25NO7/c1-4-31-16-8-5-14(6-9-16)21(26)19-20(15-7-10-17(25)18(13-15)30-3)24(11-12-29-2)23(28)22(19)27/h5-10,13,20,25-26H,4,11-12H2,1-3H3/b21-19+/t20-/m1/s1. The first kappa shape index (κ1) is 22.2. The van der Waals surface area contributed by atoms with Crippen LogP contribution in [-0.4, -0.2) is 60.8 Å². The topological polar surface area (TPSA) is 106 Å². The number of ketones is 1. The molecule has 1 saturated heterocycles. The quantitative estimate of drug-likeness (QED) is 0.379. The van der Waals surface area contributed by atoms with Crippen LogP contribution in [0.1, 0.15) is 24.1 Å². The number of aliphatic hydroxyl groups excluding tert-OH is 1. The first-order valence-electron chi connectivity index (χ1n) is 9.80. The van der Waals surface area contributed by atoms with E-state index in [1.165, 1.54) is 31.3 Å². The second kappa shape index (κ2) is 9.53. The minimum Gasteiger partial charge on any atom is -0.507 e. The van der Waals surface area contributed by atoms with E-state index in [0.29, 0.717) is 23.5 Å². The Bertz CT molecular complexity index is 997. The number of hydrogen-bond donors (Lipinski definition) is 2. The van der Waals surface area contributed by atoms with Crippen LogP contribution in [0.3, 0.4) is 0 Å². The Labute approximate surface area is 180 Å². The van der Waals surface area contributed by atoms with Crippen LogP contribution in [0.15, 0.2) is 48.0 Å². The molecule has 0 spiro atoms. The number of aliphatic hydroxyl groups is 1. The molecular formula is C23H25NO7. The van der Waals surface area contributed by atoms with E-state index in [4.69, 9.17) is 14.2 Å². The van der Waals surface area contributed by atoms with Gasteiger partial charge in [0.15, 0.2) is 11.5 Å². The van der Waals surface area contributed by atoms with E-state index >= 15 is 0 Å². The molecule has 0 aromatic heterocycles. The van der Waals surface area contributed by atoms with Gasteiger partial charge >= 0.3 is 0 Å². The van der Waals surface area contributed by atoms with Crippen molar-refractivity contribution < 1.29 is 34.0 Å². The lowest BCUT2D eigenvalue weighted by molar-refractivity contribution is -0.140. The highest BCUT2D eigenvalue weighted by Crippen LogP contribution is 2.41. The molecular weight excluding hydrogens is 402 g/mol. The molecule has 1 heterocycles. The Morgan fingerprint density at radius 2 is 1.81 bits per heavy atom. The Morgan fingerprint density at radius 1 is 1.10 bits per heavy atom. The van der Waals surface area contributed by atoms with Crippen LogP contribution < -0.4 is 9.47 Å². The van der Waals surface area contributed by atoms with Crippen molar-refractivity contribution in [3.63, 3.8) is 0 Å². The van der Waals surface area contributed by atoms with Gasteiger partial charge in [-0.1, -0.05) is 6.07 Å². The van der Waals surface area contributed by atoms with Crippen molar-refractivity contribution in [3.05, 3.63) is 59.2 Å². The average molecular weight is 427 g/mol. The summed E-state index contributed by atoms with van der Waals surface area (Å²) >= 11 is 0. The van der Waals surface area contributed by atoms with Gasteiger partial charge in [0.05, 0.1) is 31.9 Å². The number of hydrogen-bond acceptors (Lipinski definition) is 7. The van der Waals surface area contributed by atoms with Gasteiger partial charge in [0.2, 0.25) is 0 Å². The van der Waals surface area contributed by atoms with E-state index < -0.39 is 17.7 Å². The van der Waals surface area contributed by atoms with Crippen molar-refractivity contribution >= 4 is 17.4 Å². The summed E-state index contributed by atoms with van der Waals surface area (Å²) in [6.07, 6.45) is 0. The number of aromatic hydroxyl groups is 1. The minimum atomic E-state index is -0.865. The van der Waals surface area contributed by atoms with Crippen LogP contribution >= 0.6 is 0 Å². The SMILES string of the molecule is CCOc1ccc(/C(O)=C2\C(=O)C(=O)N(CCOC)[C@@H]2c2ccc(O)c(OC)c2)cc1. The molecule has 2 aromatic carbocycles. The van der Waals surface area contributed by atoms with Gasteiger partial charge in [-0.05, 0) is 48.9 Å². The van der Waals surface area contributed by atoms with Gasteiger partial charge in [-0.3, -0.25) is 9.59 Å². The zero-order valence-corrected chi connectivity index (χ0v) is 17.6. The van der Waals surface area contributed by atoms with Crippen LogP contribution in [0.5, 0.6) is 17.2 Å². The smallest absolute Gasteiger partial charge is 0.295 e. The zero-order chi connectivity index (χ0) is 22.5. The number of amides is 1. The second-order valence-electron chi connectivity index (χ2n) is 6.87. The first-order valence-corrected chi connectivity index (χ1v) is 9.80. The third kappa shape index (κ3) is 4.34. The van der Waals surface area contributed by atoms with Crippen molar-refractivity contribution in [2.45, 2.75) is 13.0 Å². The highest BCUT2D eigenvalue weighted by molar-refractivity contribution is 6.46. The summed E-state index contributed by atoms with van der Waals surface area (Å²) in [6.45, 7) is 2.72. The number of phenolic OH excluding ortho intramolecular Hbond substituents is 1. The Hall–Kier alpha value is -3.52. The number of Topliss-reactive ketones (excluding diaryl/α,β-unsaturated/α-hetero) is 1. The van der Waals surface area contributed by atoms with Crippen molar-refractivity contribution in [3.8, 4) is 17.2 Å². The molecule has 0 bridgehead atoms. The van der Waals surface area contributed by atoms with Crippen molar-refractivity contribution in [2.75, 3.05) is 34.0 Å². The Morgan fingerprint density at radius 3 is 2.42 bits per heavy atom. The van der Waals surface area contributed by atoms with Gasteiger partial charge in [0, 0.05) is 19.2 Å². The van der Waals surface area contributed by atoms with Crippen molar-refractivity contribution in [2.24, 2.45) is 0 Å². The Balaban J connectivity index is 2.13. The van der Waals surface area contributed by atoms with E-state index in [-0.39, 0.29) is 36.0 Å². The van der Waals surface area contributed by atoms with Crippen LogP contribution in [0.25, 0.3) is 5.76 Å². The summed E-state index contributed by atoms with van der Waals surface area (Å²) in [5, 5.41) is 21.0. The lowest BCUT2D eigenvalue weighted by atomic mass is 9.95. The lowest BCUT2D eigenvalue weighted by Gasteiger charge is -2.25. The van der Waals surface area contributed by atoms with Crippen LogP contribution in [-0.2, 0) is 14.3 Å². The van der Waals surface area contributed by atoms with Crippen molar-refractivity contribution in [1.29, 1.82) is 0 Å². The number of carbonyl (C=O) groups is 2. The summed E-state index contributed by atoms with van der Waals surface area (Å²) in [6, 6.07) is 10.3. The van der Waals surface area contributed by atoms with Gasteiger partial charge in [0.25, 0.3) is 11.7 Å². The summed E-state index contributed by atoms with van der Waals surface area (Å²) in [4.78, 5) is 27.0. The number of rotatable bonds is 8. The number of benzene rings is 2. The summed E-state index contributed by atoms with van der Waals surface area (Å²) in [5.41, 5.74) is 0.847. The molecule has 0 saturated carbocycles. The molecule has 1 atom stereocenters. The van der Waals surface area contributed by atoms with Gasteiger partial charge < -0.3 is 29.3 Å². The minimum absolute atomic E-state index is 0.0435. The number of phenols is 1. The molecule has 8 heteroatoms. The summed E-state index contributed by atoms with van der Waals surface area (Å²) in [7, 11) is 2.90. The number of ether oxygens (including phenoxy) is 3. The third-order valence-electron chi connectivity index (χ3n) is 5.03. The second-order valence-corrected chi connectivity index (χ2v) is 6.87. The molecule has 164 valence electrons. The fourth-order valence-corrected chi connectivity index (χ4v) is 3.54. The van der Waals surface area contributed by atoms with Gasteiger partial charge in [0.1, 0.15) is 11.5 Å². The van der Waals surface area contributed by atoms with Crippen LogP contribution in [0.2, 0.25) is 0 Å². The maximum atomic E-state index is 12.9. The van der Waals surface area contributed by atoms with Gasteiger partial charge in [-0.2, -0.15) is 0 Å². The normalized spacial score (nSPS) is 17.8. The first-order chi connectivity index (χ1) is 14.9. The molecule has 2 aromatic rings. The number of carbonyl (C=O) groups excluding carboxylic acids is 2. The largest absolute Gasteiger partial charge is 0.507 e. The predicted octanol–water partition coefficient (Wildman–Crippen LogP) is 2.87. The molecule has 1 amide bonds. The summed E-state index contributed by atoms with van der Waals surface area (Å²) in [5.74, 6) is -1.08. The third-order valence-corrected chi connectivity index (χ3v) is 5.03. The number of methoxy groups -OCH3 is 2. The molecule has 0 aliphatic carbocycles. The van der Waals surface area contributed by atoms with Crippen molar-refractivity contribution in [1.82, 2.24) is 4.90 Å². The summed E-state index contributed by atoms with van der Waals surface area (Å²) < 4.78 is 15.7. The molecule has 0 radical (unpaired) electrons. The van der Waals surface area contributed by atoms with Crippen LogP contribution in [0.4, 0.5) is 0 Å². The molecule has 8 nitrogen and oxygen atoms in total. The maximum Gasteiger partial charge on any atom is 0.295 e. The van der Waals surface area contributed by atoms with Gasteiger partial charge in [-0.25, -0.2) is 0 Å². The molecule has 2 N–H and O–H groups in total. The van der Waals surface area contributed by atoms with E-state index in [9.17, 15) is 19.8 Å². The van der Waals surface area contributed by atoms with E-state index in [0.717, 1.165) is 0 Å². The Kier molecular flexibility index (Phi) is 6.81. The zero-order valence-electron chi connectivity index (χ0n) is 17.6. The molecule has 31 heavy (non-hydrogen) atoms. The molecule has 1 fully saturated rings. The molecule has 3 rings (SSSR count). The van der Waals surface area contributed by atoms with E-state index in [1.807, 2.05) is 6.92 Å². The average Bonchev–Trinajstić information content (AvgIpc) is 3.03. The van der Waals surface area contributed by atoms with E-state index in [1.54, 1.807) is 30.3 Å². The highest BCUT2D eigenvalue weighted by Gasteiger charge is 2.46. The van der Waals surface area contributed by atoms with Crippen LogP contribution in [0, 0.1) is 0 Å². The number of nitrogens with zero attached hydrogens (tertiary/aromatic N) is 1. The highest BCUT2D eigenvalue weighted by atomic mass is 16.5. The van der Waals surface area contributed by atoms with E-state index in [2.05, 4.69) is 0 Å². The fraction of sp³-hybridized carbons (Fsp3) is 0.304.